The molecule has 0 fully saturated rings. The van der Waals surface area contributed by atoms with E-state index in [2.05, 4.69) is 26.5 Å². The number of hydrogen-bond donors (Lipinski definition) is 1. The summed E-state index contributed by atoms with van der Waals surface area (Å²) in [5.41, 5.74) is 4.04. The van der Waals surface area contributed by atoms with Crippen LogP contribution in [-0.2, 0) is 6.61 Å². The number of hydrazone groups is 1. The van der Waals surface area contributed by atoms with Crippen molar-refractivity contribution in [1.82, 2.24) is 5.43 Å². The van der Waals surface area contributed by atoms with Crippen LogP contribution in [0.3, 0.4) is 0 Å². The van der Waals surface area contributed by atoms with Gasteiger partial charge in [-0.3, -0.25) is 14.9 Å². The number of ether oxygens (including phenoxy) is 1. The number of benzene rings is 3. The van der Waals surface area contributed by atoms with E-state index in [1.54, 1.807) is 6.07 Å². The number of nitro groups is 1. The number of para-hydroxylation sites is 1. The molecule has 3 aromatic carbocycles. The molecular weight excluding hydrogens is 438 g/mol. The predicted molar refractivity (Wildman–Crippen MR) is 113 cm³/mol. The van der Waals surface area contributed by atoms with Crippen molar-refractivity contribution in [2.45, 2.75) is 6.61 Å². The van der Waals surface area contributed by atoms with Crippen molar-refractivity contribution >= 4 is 33.7 Å². The Kier molecular flexibility index (Phi) is 6.70. The Morgan fingerprint density at radius 2 is 1.90 bits per heavy atom. The monoisotopic (exact) mass is 453 g/mol. The molecule has 0 spiro atoms. The SMILES string of the molecule is O=C(NN=Cc1ccccc1OCc1cccc(Br)c1)c1cccc([N+](=O)[O-])c1. The summed E-state index contributed by atoms with van der Waals surface area (Å²) in [4.78, 5) is 22.4. The molecule has 0 atom stereocenters. The Morgan fingerprint density at radius 3 is 2.69 bits per heavy atom. The second-order valence-electron chi connectivity index (χ2n) is 5.96. The number of rotatable bonds is 7. The number of non-ortho nitro benzene ring substituents is 1. The Bertz CT molecular complexity index is 1070. The lowest BCUT2D eigenvalue weighted by Gasteiger charge is -2.09. The van der Waals surface area contributed by atoms with Gasteiger partial charge in [0, 0.05) is 27.7 Å². The van der Waals surface area contributed by atoms with Gasteiger partial charge < -0.3 is 4.74 Å². The summed E-state index contributed by atoms with van der Waals surface area (Å²) in [7, 11) is 0. The molecule has 3 aromatic rings. The van der Waals surface area contributed by atoms with Gasteiger partial charge in [0.2, 0.25) is 0 Å². The van der Waals surface area contributed by atoms with Crippen molar-refractivity contribution in [3.05, 3.63) is 104 Å². The molecule has 0 aliphatic heterocycles. The highest BCUT2D eigenvalue weighted by Gasteiger charge is 2.10. The van der Waals surface area contributed by atoms with Gasteiger partial charge in [0.1, 0.15) is 12.4 Å². The Morgan fingerprint density at radius 1 is 1.10 bits per heavy atom. The van der Waals surface area contributed by atoms with Crippen molar-refractivity contribution in [2.24, 2.45) is 5.10 Å². The molecule has 1 amide bonds. The zero-order valence-corrected chi connectivity index (χ0v) is 16.7. The molecule has 0 aromatic heterocycles. The molecule has 0 heterocycles. The Balaban J connectivity index is 1.65. The molecule has 0 bridgehead atoms. The first kappa shape index (κ1) is 20.2. The topological polar surface area (TPSA) is 93.8 Å². The van der Waals surface area contributed by atoms with Crippen LogP contribution >= 0.6 is 15.9 Å². The molecular formula is C21H16BrN3O4. The van der Waals surface area contributed by atoms with Gasteiger partial charge in [-0.25, -0.2) is 5.43 Å². The van der Waals surface area contributed by atoms with Gasteiger partial charge in [-0.05, 0) is 35.9 Å². The van der Waals surface area contributed by atoms with Crippen molar-refractivity contribution in [3.63, 3.8) is 0 Å². The van der Waals surface area contributed by atoms with E-state index in [0.717, 1.165) is 10.0 Å². The summed E-state index contributed by atoms with van der Waals surface area (Å²) in [6.07, 6.45) is 1.46. The second-order valence-corrected chi connectivity index (χ2v) is 6.88. The minimum Gasteiger partial charge on any atom is -0.488 e. The number of amides is 1. The summed E-state index contributed by atoms with van der Waals surface area (Å²) >= 11 is 3.43. The van der Waals surface area contributed by atoms with Crippen LogP contribution in [0, 0.1) is 10.1 Å². The van der Waals surface area contributed by atoms with Crippen LogP contribution in [0.5, 0.6) is 5.75 Å². The van der Waals surface area contributed by atoms with E-state index in [4.69, 9.17) is 4.74 Å². The van der Waals surface area contributed by atoms with Crippen molar-refractivity contribution < 1.29 is 14.5 Å². The van der Waals surface area contributed by atoms with E-state index in [-0.39, 0.29) is 11.3 Å². The summed E-state index contributed by atoms with van der Waals surface area (Å²) in [6.45, 7) is 0.379. The van der Waals surface area contributed by atoms with E-state index in [9.17, 15) is 14.9 Å². The average Bonchev–Trinajstić information content (AvgIpc) is 2.73. The lowest BCUT2D eigenvalue weighted by Crippen LogP contribution is -2.17. The normalized spacial score (nSPS) is 10.7. The maximum absolute atomic E-state index is 12.2. The van der Waals surface area contributed by atoms with Crippen LogP contribution in [-0.4, -0.2) is 17.0 Å². The Labute approximate surface area is 175 Å². The first-order valence-electron chi connectivity index (χ1n) is 8.57. The van der Waals surface area contributed by atoms with Crippen molar-refractivity contribution in [2.75, 3.05) is 0 Å². The van der Waals surface area contributed by atoms with E-state index in [1.807, 2.05) is 42.5 Å². The number of carbonyl (C=O) groups excluding carboxylic acids is 1. The number of nitrogens with zero attached hydrogens (tertiary/aromatic N) is 2. The summed E-state index contributed by atoms with van der Waals surface area (Å²) < 4.78 is 6.83. The molecule has 0 radical (unpaired) electrons. The fourth-order valence-corrected chi connectivity index (χ4v) is 2.94. The molecule has 7 nitrogen and oxygen atoms in total. The van der Waals surface area contributed by atoms with E-state index in [0.29, 0.717) is 17.9 Å². The van der Waals surface area contributed by atoms with Gasteiger partial charge in [0.25, 0.3) is 11.6 Å². The lowest BCUT2D eigenvalue weighted by molar-refractivity contribution is -0.384. The quantitative estimate of drug-likeness (QED) is 0.318. The number of nitrogens with one attached hydrogen (secondary N) is 1. The standard InChI is InChI=1S/C21H16BrN3O4/c22-18-8-3-5-15(11-18)14-29-20-10-2-1-6-17(20)13-23-24-21(26)16-7-4-9-19(12-16)25(27)28/h1-13H,14H2,(H,24,26). The van der Waals surface area contributed by atoms with Crippen molar-refractivity contribution in [3.8, 4) is 5.75 Å². The third-order valence-electron chi connectivity index (χ3n) is 3.89. The minimum atomic E-state index is -0.557. The molecule has 0 aliphatic carbocycles. The summed E-state index contributed by atoms with van der Waals surface area (Å²) in [6, 6.07) is 20.5. The van der Waals surface area contributed by atoms with Crippen LogP contribution in [0.4, 0.5) is 5.69 Å². The van der Waals surface area contributed by atoms with Gasteiger partial charge in [0.05, 0.1) is 11.1 Å². The second kappa shape index (κ2) is 9.61. The zero-order chi connectivity index (χ0) is 20.6. The first-order valence-corrected chi connectivity index (χ1v) is 9.36. The minimum absolute atomic E-state index is 0.149. The van der Waals surface area contributed by atoms with Gasteiger partial charge in [-0.15, -0.1) is 0 Å². The fraction of sp³-hybridized carbons (Fsp3) is 0.0476. The van der Waals surface area contributed by atoms with Gasteiger partial charge in [-0.1, -0.05) is 46.3 Å². The third-order valence-corrected chi connectivity index (χ3v) is 4.38. The summed E-state index contributed by atoms with van der Waals surface area (Å²) in [5, 5.41) is 14.8. The number of halogens is 1. The van der Waals surface area contributed by atoms with E-state index in [1.165, 1.54) is 30.5 Å². The highest BCUT2D eigenvalue weighted by atomic mass is 79.9. The highest BCUT2D eigenvalue weighted by Crippen LogP contribution is 2.19. The van der Waals surface area contributed by atoms with Crippen LogP contribution in [0.25, 0.3) is 0 Å². The van der Waals surface area contributed by atoms with Crippen LogP contribution in [0.1, 0.15) is 21.5 Å². The molecule has 3 rings (SSSR count). The van der Waals surface area contributed by atoms with Gasteiger partial charge >= 0.3 is 0 Å². The first-order chi connectivity index (χ1) is 14.0. The summed E-state index contributed by atoms with van der Waals surface area (Å²) in [5.74, 6) is 0.0679. The molecule has 1 N–H and O–H groups in total. The Hall–Kier alpha value is -3.52. The highest BCUT2D eigenvalue weighted by molar-refractivity contribution is 9.10. The smallest absolute Gasteiger partial charge is 0.271 e. The molecule has 0 unspecified atom stereocenters. The third kappa shape index (κ3) is 5.73. The van der Waals surface area contributed by atoms with Crippen molar-refractivity contribution in [1.29, 1.82) is 0 Å². The van der Waals surface area contributed by atoms with Crippen LogP contribution < -0.4 is 10.2 Å². The molecule has 8 heteroatoms. The zero-order valence-electron chi connectivity index (χ0n) is 15.1. The molecule has 29 heavy (non-hydrogen) atoms. The maximum atomic E-state index is 12.2. The van der Waals surface area contributed by atoms with Crippen LogP contribution in [0.2, 0.25) is 0 Å². The lowest BCUT2D eigenvalue weighted by atomic mass is 10.2. The number of hydrogen-bond acceptors (Lipinski definition) is 5. The molecule has 146 valence electrons. The predicted octanol–water partition coefficient (Wildman–Crippen LogP) is 4.70. The fourth-order valence-electron chi connectivity index (χ4n) is 2.49. The number of carbonyl (C=O) groups is 1. The van der Waals surface area contributed by atoms with Gasteiger partial charge in [-0.2, -0.15) is 5.10 Å². The molecule has 0 saturated heterocycles. The van der Waals surface area contributed by atoms with Crippen LogP contribution in [0.15, 0.2) is 82.4 Å². The maximum Gasteiger partial charge on any atom is 0.271 e. The van der Waals surface area contributed by atoms with E-state index >= 15 is 0 Å². The number of nitro benzene ring substituents is 1. The molecule has 0 aliphatic rings. The largest absolute Gasteiger partial charge is 0.488 e. The van der Waals surface area contributed by atoms with E-state index < -0.39 is 10.8 Å². The van der Waals surface area contributed by atoms with Gasteiger partial charge in [0.15, 0.2) is 0 Å². The molecule has 0 saturated carbocycles. The average molecular weight is 454 g/mol.